The Hall–Kier alpha value is -1.46. The van der Waals surface area contributed by atoms with E-state index in [9.17, 15) is 9.50 Å². The van der Waals surface area contributed by atoms with E-state index in [0.717, 1.165) is 11.1 Å². The molecular weight excluding hydrogens is 251 g/mol. The lowest BCUT2D eigenvalue weighted by atomic mass is 10.1. The van der Waals surface area contributed by atoms with Crippen LogP contribution in [0.15, 0.2) is 29.8 Å². The van der Waals surface area contributed by atoms with Crippen molar-refractivity contribution in [3.63, 3.8) is 0 Å². The van der Waals surface area contributed by atoms with E-state index >= 15 is 0 Å². The zero-order valence-corrected chi connectivity index (χ0v) is 11.0. The average Bonchev–Trinajstić information content (AvgIpc) is 2.81. The molecule has 0 saturated carbocycles. The van der Waals surface area contributed by atoms with Crippen LogP contribution in [0.1, 0.15) is 36.5 Å². The molecule has 1 aromatic heterocycles. The van der Waals surface area contributed by atoms with E-state index in [4.69, 9.17) is 0 Å². The Bertz CT molecular complexity index is 516. The maximum Gasteiger partial charge on any atom is 0.126 e. The van der Waals surface area contributed by atoms with Crippen LogP contribution in [0.25, 0.3) is 0 Å². The molecular formula is C13H15FN2OS. The molecule has 2 aromatic rings. The van der Waals surface area contributed by atoms with Crippen molar-refractivity contribution in [3.05, 3.63) is 46.2 Å². The second-order valence-electron chi connectivity index (χ2n) is 4.18. The summed E-state index contributed by atoms with van der Waals surface area (Å²) in [7, 11) is 0. The quantitative estimate of drug-likeness (QED) is 0.891. The maximum atomic E-state index is 12.9. The van der Waals surface area contributed by atoms with Crippen LogP contribution < -0.4 is 5.32 Å². The number of hydrogen-bond acceptors (Lipinski definition) is 4. The second-order valence-corrected chi connectivity index (χ2v) is 5.11. The van der Waals surface area contributed by atoms with Gasteiger partial charge in [-0.2, -0.15) is 0 Å². The highest BCUT2D eigenvalue weighted by Crippen LogP contribution is 2.27. The van der Waals surface area contributed by atoms with Crippen molar-refractivity contribution in [3.8, 4) is 5.75 Å². The van der Waals surface area contributed by atoms with E-state index in [1.165, 1.54) is 6.07 Å². The molecule has 2 unspecified atom stereocenters. The van der Waals surface area contributed by atoms with Crippen LogP contribution in [0.2, 0.25) is 0 Å². The van der Waals surface area contributed by atoms with Crippen LogP contribution in [0.5, 0.6) is 5.75 Å². The van der Waals surface area contributed by atoms with Gasteiger partial charge in [-0.05, 0) is 19.9 Å². The smallest absolute Gasteiger partial charge is 0.126 e. The Morgan fingerprint density at radius 1 is 1.33 bits per heavy atom. The first-order chi connectivity index (χ1) is 8.58. The summed E-state index contributed by atoms with van der Waals surface area (Å²) in [6.07, 6.45) is 1.76. The van der Waals surface area contributed by atoms with Crippen molar-refractivity contribution >= 4 is 11.3 Å². The molecule has 0 amide bonds. The number of hydrogen-bond donors (Lipinski definition) is 2. The first kappa shape index (κ1) is 13.0. The largest absolute Gasteiger partial charge is 0.508 e. The van der Waals surface area contributed by atoms with Gasteiger partial charge in [0.15, 0.2) is 0 Å². The van der Waals surface area contributed by atoms with Gasteiger partial charge in [0.1, 0.15) is 16.6 Å². The fourth-order valence-corrected chi connectivity index (χ4v) is 2.52. The van der Waals surface area contributed by atoms with Crippen LogP contribution in [0.4, 0.5) is 4.39 Å². The molecule has 0 aliphatic heterocycles. The van der Waals surface area contributed by atoms with E-state index < -0.39 is 5.82 Å². The molecule has 0 bridgehead atoms. The molecule has 0 aliphatic carbocycles. The number of phenols is 1. The standard InChI is InChI=1S/C13H15FN2OS/c1-8(11-4-3-10(14)7-12(11)17)16-9(2)13-15-5-6-18-13/h3-9,16-17H,1-2H3. The molecule has 0 saturated heterocycles. The Kier molecular flexibility index (Phi) is 3.93. The van der Waals surface area contributed by atoms with Gasteiger partial charge in [-0.3, -0.25) is 0 Å². The lowest BCUT2D eigenvalue weighted by Gasteiger charge is -2.19. The van der Waals surface area contributed by atoms with E-state index in [2.05, 4.69) is 10.3 Å². The number of halogens is 1. The normalized spacial score (nSPS) is 14.4. The molecule has 2 atom stereocenters. The van der Waals surface area contributed by atoms with E-state index in [0.29, 0.717) is 5.56 Å². The van der Waals surface area contributed by atoms with Crippen LogP contribution in [0, 0.1) is 5.82 Å². The number of phenolic OH excluding ortho intramolecular Hbond substituents is 1. The number of thiazole rings is 1. The van der Waals surface area contributed by atoms with Crippen LogP contribution in [0.3, 0.4) is 0 Å². The molecule has 96 valence electrons. The first-order valence-corrected chi connectivity index (χ1v) is 6.59. The Balaban J connectivity index is 2.10. The average molecular weight is 266 g/mol. The van der Waals surface area contributed by atoms with E-state index in [-0.39, 0.29) is 17.8 Å². The molecule has 0 spiro atoms. The van der Waals surface area contributed by atoms with Gasteiger partial charge < -0.3 is 10.4 Å². The topological polar surface area (TPSA) is 45.1 Å². The molecule has 1 heterocycles. The van der Waals surface area contributed by atoms with Gasteiger partial charge in [0.25, 0.3) is 0 Å². The molecule has 2 rings (SSSR count). The fraction of sp³-hybridized carbons (Fsp3) is 0.308. The van der Waals surface area contributed by atoms with Crippen LogP contribution in [-0.4, -0.2) is 10.1 Å². The first-order valence-electron chi connectivity index (χ1n) is 5.71. The SMILES string of the molecule is CC(NC(C)c1ccc(F)cc1O)c1nccs1. The van der Waals surface area contributed by atoms with Crippen molar-refractivity contribution in [2.75, 3.05) is 0 Å². The molecule has 0 fully saturated rings. The molecule has 3 nitrogen and oxygen atoms in total. The Morgan fingerprint density at radius 2 is 2.11 bits per heavy atom. The number of benzene rings is 1. The number of nitrogens with zero attached hydrogens (tertiary/aromatic N) is 1. The highest BCUT2D eigenvalue weighted by atomic mass is 32.1. The minimum atomic E-state index is -0.434. The molecule has 1 aromatic carbocycles. The van der Waals surface area contributed by atoms with Gasteiger partial charge in [-0.15, -0.1) is 11.3 Å². The summed E-state index contributed by atoms with van der Waals surface area (Å²) in [6, 6.07) is 4.08. The molecule has 18 heavy (non-hydrogen) atoms. The molecule has 2 N–H and O–H groups in total. The minimum Gasteiger partial charge on any atom is -0.508 e. The van der Waals surface area contributed by atoms with Crippen molar-refractivity contribution in [1.29, 1.82) is 0 Å². The summed E-state index contributed by atoms with van der Waals surface area (Å²) < 4.78 is 12.9. The number of aromatic hydroxyl groups is 1. The maximum absolute atomic E-state index is 12.9. The van der Waals surface area contributed by atoms with Gasteiger partial charge in [0, 0.05) is 29.2 Å². The monoisotopic (exact) mass is 266 g/mol. The van der Waals surface area contributed by atoms with Crippen LogP contribution in [-0.2, 0) is 0 Å². The predicted molar refractivity (Wildman–Crippen MR) is 70.1 cm³/mol. The highest BCUT2D eigenvalue weighted by Gasteiger charge is 2.15. The molecule has 0 aliphatic rings. The predicted octanol–water partition coefficient (Wildman–Crippen LogP) is 3.40. The third-order valence-corrected chi connectivity index (χ3v) is 3.74. The van der Waals surface area contributed by atoms with Gasteiger partial charge in [0.05, 0.1) is 6.04 Å². The number of aromatic nitrogens is 1. The lowest BCUT2D eigenvalue weighted by Crippen LogP contribution is -2.22. The zero-order valence-electron chi connectivity index (χ0n) is 10.2. The summed E-state index contributed by atoms with van der Waals surface area (Å²) in [5.41, 5.74) is 0.680. The van der Waals surface area contributed by atoms with Gasteiger partial charge >= 0.3 is 0 Å². The summed E-state index contributed by atoms with van der Waals surface area (Å²) in [5.74, 6) is -0.460. The van der Waals surface area contributed by atoms with Crippen molar-refractivity contribution in [2.45, 2.75) is 25.9 Å². The van der Waals surface area contributed by atoms with Gasteiger partial charge in [-0.1, -0.05) is 6.07 Å². The highest BCUT2D eigenvalue weighted by molar-refractivity contribution is 7.09. The molecule has 5 heteroatoms. The van der Waals surface area contributed by atoms with E-state index in [1.807, 2.05) is 19.2 Å². The van der Waals surface area contributed by atoms with Gasteiger partial charge in [-0.25, -0.2) is 9.37 Å². The number of nitrogens with one attached hydrogen (secondary N) is 1. The summed E-state index contributed by atoms with van der Waals surface area (Å²) in [6.45, 7) is 3.94. The van der Waals surface area contributed by atoms with Crippen LogP contribution >= 0.6 is 11.3 Å². The van der Waals surface area contributed by atoms with Crippen molar-refractivity contribution in [2.24, 2.45) is 0 Å². The van der Waals surface area contributed by atoms with Crippen molar-refractivity contribution < 1.29 is 9.50 Å². The Morgan fingerprint density at radius 3 is 2.72 bits per heavy atom. The lowest BCUT2D eigenvalue weighted by molar-refractivity contribution is 0.434. The number of rotatable bonds is 4. The molecule has 0 radical (unpaired) electrons. The van der Waals surface area contributed by atoms with Gasteiger partial charge in [0.2, 0.25) is 0 Å². The Labute approximate surface area is 109 Å². The third kappa shape index (κ3) is 2.86. The third-order valence-electron chi connectivity index (χ3n) is 2.78. The van der Waals surface area contributed by atoms with Crippen molar-refractivity contribution in [1.82, 2.24) is 10.3 Å². The summed E-state index contributed by atoms with van der Waals surface area (Å²) in [5, 5.41) is 15.9. The summed E-state index contributed by atoms with van der Waals surface area (Å²) >= 11 is 1.58. The minimum absolute atomic E-state index is 0.0265. The van der Waals surface area contributed by atoms with E-state index in [1.54, 1.807) is 23.6 Å². The fourth-order valence-electron chi connectivity index (χ4n) is 1.87. The second kappa shape index (κ2) is 5.46. The zero-order chi connectivity index (χ0) is 13.1. The summed E-state index contributed by atoms with van der Waals surface area (Å²) in [4.78, 5) is 4.23.